The number of carbonyl (C=O) groups excluding carboxylic acids is 1. The third-order valence-electron chi connectivity index (χ3n) is 5.21. The summed E-state index contributed by atoms with van der Waals surface area (Å²) in [5.74, 6) is -0.482. The summed E-state index contributed by atoms with van der Waals surface area (Å²) >= 11 is 0. The Balaban J connectivity index is 1.90. The van der Waals surface area contributed by atoms with Crippen LogP contribution in [0, 0.1) is 5.82 Å². The molecule has 0 bridgehead atoms. The van der Waals surface area contributed by atoms with Gasteiger partial charge in [0.2, 0.25) is 5.91 Å². The average molecular weight is 409 g/mol. The molecule has 7 heteroatoms. The minimum Gasteiger partial charge on any atom is -0.365 e. The largest absolute Gasteiger partial charge is 0.416 e. The molecule has 1 amide bonds. The van der Waals surface area contributed by atoms with Gasteiger partial charge in [-0.15, -0.1) is 0 Å². The van der Waals surface area contributed by atoms with Gasteiger partial charge in [-0.1, -0.05) is 31.2 Å². The van der Waals surface area contributed by atoms with Crippen molar-refractivity contribution in [3.05, 3.63) is 71.0 Å². The molecule has 3 rings (SSSR count). The zero-order valence-corrected chi connectivity index (χ0v) is 16.2. The first kappa shape index (κ1) is 21.3. The van der Waals surface area contributed by atoms with Gasteiger partial charge in [-0.3, -0.25) is 4.79 Å². The summed E-state index contributed by atoms with van der Waals surface area (Å²) in [7, 11) is 0. The van der Waals surface area contributed by atoms with E-state index in [1.807, 2.05) is 6.92 Å². The van der Waals surface area contributed by atoms with E-state index in [9.17, 15) is 22.4 Å². The first-order valence-corrected chi connectivity index (χ1v) is 9.49. The zero-order valence-electron chi connectivity index (χ0n) is 16.2. The highest BCUT2D eigenvalue weighted by molar-refractivity contribution is 5.76. The Bertz CT molecular complexity index is 849. The van der Waals surface area contributed by atoms with E-state index in [-0.39, 0.29) is 11.7 Å². The SMILES string of the molecule is CCC(=O)N[C@]1(C)C[C@@H](c2ccc(F)cc2)O[C@@H](c2ccc(C(F)(F)F)cc2)C1. The minimum absolute atomic E-state index is 0.113. The molecule has 0 aromatic heterocycles. The highest BCUT2D eigenvalue weighted by atomic mass is 19.4. The van der Waals surface area contributed by atoms with Crippen molar-refractivity contribution < 1.29 is 27.1 Å². The van der Waals surface area contributed by atoms with E-state index in [0.717, 1.165) is 17.7 Å². The van der Waals surface area contributed by atoms with E-state index in [1.54, 1.807) is 19.1 Å². The van der Waals surface area contributed by atoms with Crippen LogP contribution in [0.2, 0.25) is 0 Å². The standard InChI is InChI=1S/C22H23F4NO2/c1-3-20(28)27-21(2)12-18(14-4-8-16(9-5-14)22(24,25)26)29-19(13-21)15-6-10-17(23)11-7-15/h4-11,18-19H,3,12-13H2,1-2H3,(H,27,28)/t18-,19+,21+/m1/s1. The third-order valence-corrected chi connectivity index (χ3v) is 5.21. The van der Waals surface area contributed by atoms with Crippen LogP contribution in [0.3, 0.4) is 0 Å². The molecule has 0 unspecified atom stereocenters. The predicted octanol–water partition coefficient (Wildman–Crippen LogP) is 5.72. The number of benzene rings is 2. The van der Waals surface area contributed by atoms with Gasteiger partial charge < -0.3 is 10.1 Å². The van der Waals surface area contributed by atoms with Gasteiger partial charge in [0.1, 0.15) is 5.82 Å². The maximum Gasteiger partial charge on any atom is 0.416 e. The summed E-state index contributed by atoms with van der Waals surface area (Å²) in [6.45, 7) is 3.65. The second-order valence-electron chi connectivity index (χ2n) is 7.66. The first-order valence-electron chi connectivity index (χ1n) is 9.49. The third kappa shape index (κ3) is 5.15. The summed E-state index contributed by atoms with van der Waals surface area (Å²) in [6.07, 6.45) is -4.14. The van der Waals surface area contributed by atoms with Gasteiger partial charge in [0.05, 0.1) is 17.8 Å². The Kier molecular flexibility index (Phi) is 5.98. The maximum atomic E-state index is 13.3. The van der Waals surface area contributed by atoms with Crippen LogP contribution < -0.4 is 5.32 Å². The Morgan fingerprint density at radius 3 is 1.97 bits per heavy atom. The summed E-state index contributed by atoms with van der Waals surface area (Å²) in [4.78, 5) is 12.0. The van der Waals surface area contributed by atoms with Crippen LogP contribution in [-0.4, -0.2) is 11.4 Å². The molecule has 1 fully saturated rings. The van der Waals surface area contributed by atoms with Crippen LogP contribution in [0.15, 0.2) is 48.5 Å². The normalized spacial score (nSPS) is 24.9. The Morgan fingerprint density at radius 2 is 1.52 bits per heavy atom. The van der Waals surface area contributed by atoms with Crippen molar-refractivity contribution in [2.45, 2.75) is 57.0 Å². The lowest BCUT2D eigenvalue weighted by Gasteiger charge is -2.43. The van der Waals surface area contributed by atoms with Crippen molar-refractivity contribution in [3.8, 4) is 0 Å². The molecule has 1 N–H and O–H groups in total. The number of ether oxygens (including phenoxy) is 1. The van der Waals surface area contributed by atoms with Crippen molar-refractivity contribution in [2.24, 2.45) is 0 Å². The summed E-state index contributed by atoms with van der Waals surface area (Å²) in [6, 6.07) is 10.8. The molecule has 1 aliphatic rings. The molecule has 2 aromatic carbocycles. The Morgan fingerprint density at radius 1 is 1.03 bits per heavy atom. The quantitative estimate of drug-likeness (QED) is 0.656. The lowest BCUT2D eigenvalue weighted by atomic mass is 9.81. The van der Waals surface area contributed by atoms with Gasteiger partial charge in [0.15, 0.2) is 0 Å². The van der Waals surface area contributed by atoms with Gasteiger partial charge >= 0.3 is 6.18 Å². The van der Waals surface area contributed by atoms with Crippen LogP contribution in [0.5, 0.6) is 0 Å². The van der Waals surface area contributed by atoms with Crippen LogP contribution in [0.25, 0.3) is 0 Å². The molecule has 3 nitrogen and oxygen atoms in total. The summed E-state index contributed by atoms with van der Waals surface area (Å²) in [5.41, 5.74) is 0.00793. The average Bonchev–Trinajstić information content (AvgIpc) is 2.67. The smallest absolute Gasteiger partial charge is 0.365 e. The van der Waals surface area contributed by atoms with E-state index in [0.29, 0.717) is 24.8 Å². The molecule has 1 aliphatic heterocycles. The highest BCUT2D eigenvalue weighted by Crippen LogP contribution is 2.44. The number of carbonyl (C=O) groups is 1. The van der Waals surface area contributed by atoms with E-state index in [1.165, 1.54) is 24.3 Å². The van der Waals surface area contributed by atoms with Gasteiger partial charge in [0.25, 0.3) is 0 Å². The maximum absolute atomic E-state index is 13.3. The second kappa shape index (κ2) is 8.14. The number of hydrogen-bond donors (Lipinski definition) is 1. The molecule has 1 heterocycles. The van der Waals surface area contributed by atoms with Crippen molar-refractivity contribution in [3.63, 3.8) is 0 Å². The number of nitrogens with one attached hydrogen (secondary N) is 1. The van der Waals surface area contributed by atoms with Crippen molar-refractivity contribution in [2.75, 3.05) is 0 Å². The minimum atomic E-state index is -4.41. The van der Waals surface area contributed by atoms with Crippen molar-refractivity contribution in [1.82, 2.24) is 5.32 Å². The van der Waals surface area contributed by atoms with Crippen LogP contribution in [0.1, 0.15) is 62.0 Å². The molecule has 0 spiro atoms. The fraction of sp³-hybridized carbons (Fsp3) is 0.409. The second-order valence-corrected chi connectivity index (χ2v) is 7.66. The molecule has 1 saturated heterocycles. The zero-order chi connectivity index (χ0) is 21.2. The van der Waals surface area contributed by atoms with Crippen molar-refractivity contribution >= 4 is 5.91 Å². The lowest BCUT2D eigenvalue weighted by Crippen LogP contribution is -2.50. The molecule has 0 aliphatic carbocycles. The Hall–Kier alpha value is -2.41. The van der Waals surface area contributed by atoms with Crippen LogP contribution >= 0.6 is 0 Å². The van der Waals surface area contributed by atoms with Crippen LogP contribution in [0.4, 0.5) is 17.6 Å². The molecule has 156 valence electrons. The van der Waals surface area contributed by atoms with Crippen LogP contribution in [-0.2, 0) is 15.7 Å². The molecular weight excluding hydrogens is 386 g/mol. The monoisotopic (exact) mass is 409 g/mol. The topological polar surface area (TPSA) is 38.3 Å². The number of rotatable bonds is 4. The fourth-order valence-corrected chi connectivity index (χ4v) is 3.68. The van der Waals surface area contributed by atoms with Crippen molar-refractivity contribution in [1.29, 1.82) is 0 Å². The highest BCUT2D eigenvalue weighted by Gasteiger charge is 2.40. The number of alkyl halides is 3. The first-order chi connectivity index (χ1) is 13.6. The lowest BCUT2D eigenvalue weighted by molar-refractivity contribution is -0.137. The molecule has 0 saturated carbocycles. The fourth-order valence-electron chi connectivity index (χ4n) is 3.68. The van der Waals surface area contributed by atoms with Gasteiger partial charge in [-0.2, -0.15) is 13.2 Å². The number of halogens is 4. The summed E-state index contributed by atoms with van der Waals surface area (Å²) < 4.78 is 58.1. The van der Waals surface area contributed by atoms with E-state index < -0.39 is 29.5 Å². The predicted molar refractivity (Wildman–Crippen MR) is 100 cm³/mol. The van der Waals surface area contributed by atoms with E-state index in [2.05, 4.69) is 5.32 Å². The molecule has 3 atom stereocenters. The molecule has 0 radical (unpaired) electrons. The van der Waals surface area contributed by atoms with E-state index >= 15 is 0 Å². The summed E-state index contributed by atoms with van der Waals surface area (Å²) in [5, 5.41) is 3.02. The molecule has 2 aromatic rings. The van der Waals surface area contributed by atoms with Gasteiger partial charge in [0, 0.05) is 24.8 Å². The molecular formula is C22H23F4NO2. The number of hydrogen-bond acceptors (Lipinski definition) is 2. The number of amides is 1. The Labute approximate surface area is 167 Å². The van der Waals surface area contributed by atoms with Gasteiger partial charge in [-0.05, 0) is 42.3 Å². The van der Waals surface area contributed by atoms with E-state index in [4.69, 9.17) is 4.74 Å². The molecule has 29 heavy (non-hydrogen) atoms. The van der Waals surface area contributed by atoms with Gasteiger partial charge in [-0.25, -0.2) is 4.39 Å².